The van der Waals surface area contributed by atoms with E-state index in [-0.39, 0.29) is 0 Å². The number of aromatic nitrogens is 4. The first-order chi connectivity index (χ1) is 12.8. The Morgan fingerprint density at radius 1 is 1.19 bits per heavy atom. The van der Waals surface area contributed by atoms with Crippen molar-refractivity contribution in [2.24, 2.45) is 0 Å². The molecule has 0 spiro atoms. The van der Waals surface area contributed by atoms with Crippen LogP contribution in [0.15, 0.2) is 48.7 Å². The summed E-state index contributed by atoms with van der Waals surface area (Å²) in [6, 6.07) is 14.5. The molecular weight excluding hydrogens is 326 g/mol. The Balaban J connectivity index is 1.27. The van der Waals surface area contributed by atoms with Crippen LogP contribution in [0, 0.1) is 6.92 Å². The van der Waals surface area contributed by atoms with Crippen molar-refractivity contribution in [1.82, 2.24) is 25.1 Å². The molecule has 2 aromatic heterocycles. The normalized spacial score (nSPS) is 16.3. The summed E-state index contributed by atoms with van der Waals surface area (Å²) in [5, 5.41) is 8.08. The van der Waals surface area contributed by atoms with Gasteiger partial charge in [0.15, 0.2) is 0 Å². The number of hydrogen-bond acceptors (Lipinski definition) is 5. The third-order valence-corrected chi connectivity index (χ3v) is 4.60. The molecule has 0 fully saturated rings. The molecule has 0 amide bonds. The molecule has 0 radical (unpaired) electrons. The van der Waals surface area contributed by atoms with E-state index in [0.717, 1.165) is 49.0 Å². The van der Waals surface area contributed by atoms with E-state index in [1.165, 1.54) is 5.56 Å². The number of ether oxygens (including phenoxy) is 1. The number of nitrogens with zero attached hydrogens (tertiary/aromatic N) is 4. The predicted molar refractivity (Wildman–Crippen MR) is 98.7 cm³/mol. The second kappa shape index (κ2) is 7.66. The van der Waals surface area contributed by atoms with Crippen molar-refractivity contribution in [2.75, 3.05) is 0 Å². The van der Waals surface area contributed by atoms with Crippen LogP contribution in [0.3, 0.4) is 0 Å². The van der Waals surface area contributed by atoms with Crippen LogP contribution in [0.1, 0.15) is 29.3 Å². The molecule has 1 N–H and O–H groups in total. The van der Waals surface area contributed by atoms with Crippen LogP contribution in [0.25, 0.3) is 0 Å². The molecule has 0 bridgehead atoms. The van der Waals surface area contributed by atoms with E-state index in [0.29, 0.717) is 12.6 Å². The van der Waals surface area contributed by atoms with Gasteiger partial charge in [-0.2, -0.15) is 5.10 Å². The third-order valence-electron chi connectivity index (χ3n) is 4.60. The average Bonchev–Trinajstić information content (AvgIpc) is 3.05. The molecule has 0 saturated heterocycles. The molecule has 3 aromatic rings. The SMILES string of the molecule is Cc1nc2n(n1)C[C@H](NCc1ccc(OCc3ccccn3)cc1)CC2. The fraction of sp³-hybridized carbons (Fsp3) is 0.350. The highest BCUT2D eigenvalue weighted by Crippen LogP contribution is 2.16. The molecule has 1 aromatic carbocycles. The molecule has 0 aliphatic carbocycles. The lowest BCUT2D eigenvalue weighted by Gasteiger charge is -2.23. The van der Waals surface area contributed by atoms with Gasteiger partial charge in [-0.1, -0.05) is 18.2 Å². The van der Waals surface area contributed by atoms with E-state index in [9.17, 15) is 0 Å². The van der Waals surface area contributed by atoms with Crippen molar-refractivity contribution in [3.05, 3.63) is 71.6 Å². The summed E-state index contributed by atoms with van der Waals surface area (Å²) >= 11 is 0. The topological polar surface area (TPSA) is 64.9 Å². The Labute approximate surface area is 153 Å². The van der Waals surface area contributed by atoms with Crippen LogP contribution in [0.5, 0.6) is 5.75 Å². The van der Waals surface area contributed by atoms with E-state index in [1.807, 2.05) is 41.9 Å². The summed E-state index contributed by atoms with van der Waals surface area (Å²) in [5.74, 6) is 2.83. The van der Waals surface area contributed by atoms with Gasteiger partial charge in [-0.3, -0.25) is 4.98 Å². The van der Waals surface area contributed by atoms with Crippen molar-refractivity contribution in [3.8, 4) is 5.75 Å². The van der Waals surface area contributed by atoms with Crippen LogP contribution < -0.4 is 10.1 Å². The van der Waals surface area contributed by atoms with Gasteiger partial charge in [0.2, 0.25) is 0 Å². The van der Waals surface area contributed by atoms with E-state index in [1.54, 1.807) is 6.20 Å². The summed E-state index contributed by atoms with van der Waals surface area (Å²) in [6.45, 7) is 4.17. The number of aryl methyl sites for hydroxylation is 2. The molecule has 0 saturated carbocycles. The lowest BCUT2D eigenvalue weighted by Crippen LogP contribution is -2.37. The smallest absolute Gasteiger partial charge is 0.147 e. The van der Waals surface area contributed by atoms with Gasteiger partial charge >= 0.3 is 0 Å². The van der Waals surface area contributed by atoms with Crippen LogP contribution >= 0.6 is 0 Å². The zero-order valence-corrected chi connectivity index (χ0v) is 14.9. The highest BCUT2D eigenvalue weighted by atomic mass is 16.5. The fourth-order valence-corrected chi connectivity index (χ4v) is 3.21. The van der Waals surface area contributed by atoms with Crippen LogP contribution in [0.2, 0.25) is 0 Å². The molecule has 26 heavy (non-hydrogen) atoms. The van der Waals surface area contributed by atoms with Gasteiger partial charge in [0, 0.05) is 25.2 Å². The Morgan fingerprint density at radius 3 is 2.88 bits per heavy atom. The van der Waals surface area contributed by atoms with E-state index >= 15 is 0 Å². The minimum absolute atomic E-state index is 0.434. The van der Waals surface area contributed by atoms with Crippen LogP contribution in [-0.4, -0.2) is 25.8 Å². The molecule has 1 aliphatic rings. The van der Waals surface area contributed by atoms with E-state index < -0.39 is 0 Å². The zero-order chi connectivity index (χ0) is 17.8. The second-order valence-corrected chi connectivity index (χ2v) is 6.63. The molecule has 3 heterocycles. The maximum atomic E-state index is 5.78. The van der Waals surface area contributed by atoms with Crippen molar-refractivity contribution < 1.29 is 4.74 Å². The second-order valence-electron chi connectivity index (χ2n) is 6.63. The first-order valence-electron chi connectivity index (χ1n) is 9.01. The maximum Gasteiger partial charge on any atom is 0.147 e. The fourth-order valence-electron chi connectivity index (χ4n) is 3.21. The van der Waals surface area contributed by atoms with Crippen LogP contribution in [-0.2, 0) is 26.1 Å². The number of rotatable bonds is 6. The van der Waals surface area contributed by atoms with Gasteiger partial charge in [-0.05, 0) is 43.2 Å². The molecule has 0 unspecified atom stereocenters. The third kappa shape index (κ3) is 4.08. The summed E-state index contributed by atoms with van der Waals surface area (Å²) in [7, 11) is 0. The van der Waals surface area contributed by atoms with Crippen molar-refractivity contribution in [1.29, 1.82) is 0 Å². The quantitative estimate of drug-likeness (QED) is 0.741. The molecular formula is C20H23N5O. The van der Waals surface area contributed by atoms with Gasteiger partial charge in [-0.15, -0.1) is 0 Å². The van der Waals surface area contributed by atoms with Crippen molar-refractivity contribution >= 4 is 0 Å². The molecule has 1 atom stereocenters. The van der Waals surface area contributed by atoms with Gasteiger partial charge in [0.25, 0.3) is 0 Å². The summed E-state index contributed by atoms with van der Waals surface area (Å²) in [4.78, 5) is 8.72. The van der Waals surface area contributed by atoms with Gasteiger partial charge in [0.1, 0.15) is 24.0 Å². The summed E-state index contributed by atoms with van der Waals surface area (Å²) in [6.07, 6.45) is 3.87. The number of pyridine rings is 1. The number of benzene rings is 1. The van der Waals surface area contributed by atoms with E-state index in [4.69, 9.17) is 4.74 Å². The van der Waals surface area contributed by atoms with Crippen molar-refractivity contribution in [2.45, 2.75) is 45.5 Å². The first kappa shape index (κ1) is 16.7. The minimum Gasteiger partial charge on any atom is -0.487 e. The lowest BCUT2D eigenvalue weighted by molar-refractivity contribution is 0.301. The Bertz CT molecular complexity index is 844. The lowest BCUT2D eigenvalue weighted by atomic mass is 10.1. The minimum atomic E-state index is 0.434. The summed E-state index contributed by atoms with van der Waals surface area (Å²) in [5.41, 5.74) is 2.18. The molecule has 6 heteroatoms. The Kier molecular flexibility index (Phi) is 4.93. The van der Waals surface area contributed by atoms with Crippen LogP contribution in [0.4, 0.5) is 0 Å². The van der Waals surface area contributed by atoms with E-state index in [2.05, 4.69) is 32.5 Å². The zero-order valence-electron chi connectivity index (χ0n) is 14.9. The molecule has 4 rings (SSSR count). The molecule has 1 aliphatic heterocycles. The van der Waals surface area contributed by atoms with Gasteiger partial charge < -0.3 is 10.1 Å². The molecule has 6 nitrogen and oxygen atoms in total. The standard InChI is InChI=1S/C20H23N5O/c1-15-23-20-10-7-17(13-25(20)24-15)22-12-16-5-8-19(9-6-16)26-14-18-4-2-3-11-21-18/h2-6,8-9,11,17,22H,7,10,12-14H2,1H3/t17-/m1/s1. The Hall–Kier alpha value is -2.73. The largest absolute Gasteiger partial charge is 0.487 e. The number of fused-ring (bicyclic) bond motifs is 1. The number of hydrogen-bond donors (Lipinski definition) is 1. The average molecular weight is 349 g/mol. The molecule has 134 valence electrons. The monoisotopic (exact) mass is 349 g/mol. The van der Waals surface area contributed by atoms with Gasteiger partial charge in [0.05, 0.1) is 12.2 Å². The number of nitrogens with one attached hydrogen (secondary N) is 1. The summed E-state index contributed by atoms with van der Waals surface area (Å²) < 4.78 is 7.81. The highest BCUT2D eigenvalue weighted by molar-refractivity contribution is 5.27. The maximum absolute atomic E-state index is 5.78. The van der Waals surface area contributed by atoms with Crippen molar-refractivity contribution in [3.63, 3.8) is 0 Å². The predicted octanol–water partition coefficient (Wildman–Crippen LogP) is 2.67. The van der Waals surface area contributed by atoms with Gasteiger partial charge in [-0.25, -0.2) is 9.67 Å². The Morgan fingerprint density at radius 2 is 2.08 bits per heavy atom. The first-order valence-corrected chi connectivity index (χ1v) is 9.01. The highest BCUT2D eigenvalue weighted by Gasteiger charge is 2.20.